The third-order valence-corrected chi connectivity index (χ3v) is 6.46. The van der Waals surface area contributed by atoms with Gasteiger partial charge < -0.3 is 5.32 Å². The van der Waals surface area contributed by atoms with Gasteiger partial charge in [0.05, 0.1) is 27.1 Å². The number of azide groups is 1. The van der Waals surface area contributed by atoms with Crippen LogP contribution >= 0.6 is 23.2 Å². The van der Waals surface area contributed by atoms with Crippen molar-refractivity contribution < 1.29 is 4.79 Å². The van der Waals surface area contributed by atoms with Gasteiger partial charge in [-0.25, -0.2) is 9.48 Å². The van der Waals surface area contributed by atoms with Crippen LogP contribution in [-0.4, -0.2) is 22.4 Å². The number of rotatable bonds is 6. The second kappa shape index (κ2) is 10.5. The van der Waals surface area contributed by atoms with Gasteiger partial charge in [-0.2, -0.15) is 5.10 Å². The third-order valence-electron chi connectivity index (χ3n) is 5.64. The molecule has 4 aromatic rings. The SMILES string of the molecule is CC(C)(C)c1cc(NC(=O)Nc2cccc(Cl)c2Cl)n(-c2cc(CCN=[N+]=[N-])c3ccccc3c2)n1. The molecule has 2 amide bonds. The number of anilines is 2. The smallest absolute Gasteiger partial charge is 0.306 e. The van der Waals surface area contributed by atoms with Gasteiger partial charge in [0.15, 0.2) is 0 Å². The predicted octanol–water partition coefficient (Wildman–Crippen LogP) is 8.13. The van der Waals surface area contributed by atoms with E-state index in [9.17, 15) is 4.79 Å². The fraction of sp³-hybridized carbons (Fsp3) is 0.231. The number of nitrogens with one attached hydrogen (secondary N) is 2. The largest absolute Gasteiger partial charge is 0.324 e. The van der Waals surface area contributed by atoms with Crippen molar-refractivity contribution in [1.82, 2.24) is 9.78 Å². The van der Waals surface area contributed by atoms with Crippen molar-refractivity contribution in [3.05, 3.63) is 92.4 Å². The van der Waals surface area contributed by atoms with E-state index in [1.165, 1.54) is 0 Å². The molecule has 0 saturated carbocycles. The minimum Gasteiger partial charge on any atom is -0.306 e. The lowest BCUT2D eigenvalue weighted by atomic mass is 9.92. The highest BCUT2D eigenvalue weighted by Crippen LogP contribution is 2.31. The molecule has 184 valence electrons. The number of nitrogens with zero attached hydrogens (tertiary/aromatic N) is 5. The Balaban J connectivity index is 1.75. The maximum atomic E-state index is 12.9. The molecule has 36 heavy (non-hydrogen) atoms. The van der Waals surface area contributed by atoms with Crippen molar-refractivity contribution in [3.63, 3.8) is 0 Å². The molecule has 4 rings (SSSR count). The maximum absolute atomic E-state index is 12.9. The molecule has 0 fully saturated rings. The Morgan fingerprint density at radius 3 is 2.61 bits per heavy atom. The Kier molecular flexibility index (Phi) is 7.40. The van der Waals surface area contributed by atoms with Crippen molar-refractivity contribution in [2.75, 3.05) is 17.2 Å². The first kappa shape index (κ1) is 25.4. The predicted molar refractivity (Wildman–Crippen MR) is 147 cm³/mol. The highest BCUT2D eigenvalue weighted by molar-refractivity contribution is 6.44. The minimum absolute atomic E-state index is 0.254. The second-order valence-electron chi connectivity index (χ2n) is 9.29. The molecule has 0 spiro atoms. The topological polar surface area (TPSA) is 108 Å². The quantitative estimate of drug-likeness (QED) is 0.151. The average Bonchev–Trinajstić information content (AvgIpc) is 3.26. The number of carbonyl (C=O) groups excluding carboxylic acids is 1. The Bertz CT molecular complexity index is 1480. The summed E-state index contributed by atoms with van der Waals surface area (Å²) in [6, 6.07) is 18.4. The highest BCUT2D eigenvalue weighted by Gasteiger charge is 2.22. The van der Waals surface area contributed by atoms with Crippen LogP contribution in [-0.2, 0) is 11.8 Å². The molecular weight excluding hydrogens is 497 g/mol. The number of hydrogen-bond acceptors (Lipinski definition) is 3. The van der Waals surface area contributed by atoms with Gasteiger partial charge in [-0.05, 0) is 52.6 Å². The fourth-order valence-electron chi connectivity index (χ4n) is 3.82. The molecule has 8 nitrogen and oxygen atoms in total. The van der Waals surface area contributed by atoms with Gasteiger partial charge in [0.25, 0.3) is 0 Å². The number of fused-ring (bicyclic) bond motifs is 1. The van der Waals surface area contributed by atoms with Crippen molar-refractivity contribution >= 4 is 51.5 Å². The monoisotopic (exact) mass is 521 g/mol. The van der Waals surface area contributed by atoms with Crippen molar-refractivity contribution in [3.8, 4) is 5.69 Å². The molecular formula is C26H25Cl2N7O. The molecule has 3 aromatic carbocycles. The van der Waals surface area contributed by atoms with E-state index >= 15 is 0 Å². The van der Waals surface area contributed by atoms with Gasteiger partial charge in [-0.1, -0.05) is 79.4 Å². The highest BCUT2D eigenvalue weighted by atomic mass is 35.5. The molecule has 1 aromatic heterocycles. The van der Waals surface area contributed by atoms with Crippen LogP contribution < -0.4 is 10.6 Å². The first-order chi connectivity index (χ1) is 17.2. The fourth-order valence-corrected chi connectivity index (χ4v) is 4.17. The molecule has 0 atom stereocenters. The van der Waals surface area contributed by atoms with E-state index in [0.29, 0.717) is 29.5 Å². The number of amides is 2. The van der Waals surface area contributed by atoms with E-state index in [0.717, 1.165) is 27.7 Å². The molecule has 0 unspecified atom stereocenters. The lowest BCUT2D eigenvalue weighted by molar-refractivity contribution is 0.262. The number of benzene rings is 3. The summed E-state index contributed by atoms with van der Waals surface area (Å²) in [5.74, 6) is 0.492. The van der Waals surface area contributed by atoms with Crippen LogP contribution in [0.5, 0.6) is 0 Å². The third kappa shape index (κ3) is 5.57. The van der Waals surface area contributed by atoms with Crippen molar-refractivity contribution in [2.24, 2.45) is 5.11 Å². The summed E-state index contributed by atoms with van der Waals surface area (Å²) in [5, 5.41) is 16.9. The lowest BCUT2D eigenvalue weighted by Gasteiger charge is -2.15. The van der Waals surface area contributed by atoms with Crippen molar-refractivity contribution in [2.45, 2.75) is 32.6 Å². The van der Waals surface area contributed by atoms with E-state index in [2.05, 4.69) is 41.4 Å². The molecule has 10 heteroatoms. The molecule has 0 aliphatic carbocycles. The number of urea groups is 1. The van der Waals surface area contributed by atoms with Crippen LogP contribution in [0.15, 0.2) is 65.8 Å². The Morgan fingerprint density at radius 2 is 1.86 bits per heavy atom. The number of aromatic nitrogens is 2. The second-order valence-corrected chi connectivity index (χ2v) is 10.1. The standard InChI is InChI=1S/C26H25Cl2N7O/c1-26(2,3)22-15-23(32-25(36)31-21-10-6-9-20(27)24(21)28)35(33-22)18-13-16-7-4-5-8-19(16)17(14-18)11-12-30-34-29/h4-10,13-15H,11-12H2,1-3H3,(H2,31,32,36). The number of carbonyl (C=O) groups is 1. The Hall–Kier alpha value is -3.71. The first-order valence-electron chi connectivity index (χ1n) is 11.3. The van der Waals surface area contributed by atoms with Crippen LogP contribution in [0.1, 0.15) is 32.0 Å². The van der Waals surface area contributed by atoms with Gasteiger partial charge in [0.1, 0.15) is 5.82 Å². The Morgan fingerprint density at radius 1 is 1.08 bits per heavy atom. The zero-order valence-corrected chi connectivity index (χ0v) is 21.6. The summed E-state index contributed by atoms with van der Waals surface area (Å²) in [6.07, 6.45) is 0.572. The summed E-state index contributed by atoms with van der Waals surface area (Å²) in [6.45, 7) is 6.51. The summed E-state index contributed by atoms with van der Waals surface area (Å²) in [5.41, 5.74) is 11.5. The summed E-state index contributed by atoms with van der Waals surface area (Å²) in [7, 11) is 0. The van der Waals surface area contributed by atoms with Gasteiger partial charge in [0, 0.05) is 22.9 Å². The van der Waals surface area contributed by atoms with E-state index in [1.54, 1.807) is 22.9 Å². The zero-order valence-electron chi connectivity index (χ0n) is 20.1. The number of hydrogen-bond donors (Lipinski definition) is 2. The molecule has 1 heterocycles. The summed E-state index contributed by atoms with van der Waals surface area (Å²) in [4.78, 5) is 15.8. The normalized spacial score (nSPS) is 11.2. The molecule has 0 aliphatic heterocycles. The minimum atomic E-state index is -0.481. The van der Waals surface area contributed by atoms with Crippen LogP contribution in [0.4, 0.5) is 16.3 Å². The van der Waals surface area contributed by atoms with Crippen LogP contribution in [0.25, 0.3) is 26.9 Å². The van der Waals surface area contributed by atoms with Crippen LogP contribution in [0.3, 0.4) is 0 Å². The van der Waals surface area contributed by atoms with E-state index in [1.807, 2.05) is 42.5 Å². The maximum Gasteiger partial charge on any atom is 0.324 e. The average molecular weight is 522 g/mol. The molecule has 0 bridgehead atoms. The lowest BCUT2D eigenvalue weighted by Crippen LogP contribution is -2.21. The zero-order chi connectivity index (χ0) is 25.9. The molecule has 0 aliphatic rings. The van der Waals surface area contributed by atoms with Gasteiger partial charge in [-0.3, -0.25) is 5.32 Å². The Labute approximate surface area is 218 Å². The summed E-state index contributed by atoms with van der Waals surface area (Å²) >= 11 is 12.3. The van der Waals surface area contributed by atoms with Crippen LogP contribution in [0.2, 0.25) is 10.0 Å². The van der Waals surface area contributed by atoms with E-state index < -0.39 is 6.03 Å². The van der Waals surface area contributed by atoms with Crippen molar-refractivity contribution in [1.29, 1.82) is 0 Å². The molecule has 0 radical (unpaired) electrons. The molecule has 2 N–H and O–H groups in total. The van der Waals surface area contributed by atoms with Gasteiger partial charge in [0.2, 0.25) is 0 Å². The molecule has 0 saturated heterocycles. The summed E-state index contributed by atoms with van der Waals surface area (Å²) < 4.78 is 1.71. The van der Waals surface area contributed by atoms with Gasteiger partial charge in [-0.15, -0.1) is 0 Å². The van der Waals surface area contributed by atoms with E-state index in [-0.39, 0.29) is 10.4 Å². The van der Waals surface area contributed by atoms with Crippen LogP contribution in [0, 0.1) is 0 Å². The first-order valence-corrected chi connectivity index (χ1v) is 12.1. The van der Waals surface area contributed by atoms with E-state index in [4.69, 9.17) is 33.8 Å². The van der Waals surface area contributed by atoms with Gasteiger partial charge >= 0.3 is 6.03 Å². The number of halogens is 2.